The minimum Gasteiger partial charge on any atom is -0.384 e. The van der Waals surface area contributed by atoms with Gasteiger partial charge in [0, 0.05) is 70.6 Å². The third kappa shape index (κ3) is 7.72. The number of hydrogen-bond acceptors (Lipinski definition) is 8. The van der Waals surface area contributed by atoms with Gasteiger partial charge in [-0.3, -0.25) is 24.2 Å². The molecule has 0 bridgehead atoms. The summed E-state index contributed by atoms with van der Waals surface area (Å²) in [5, 5.41) is 3.08. The number of hydrogen-bond donors (Lipinski definition) is 1. The Hall–Kier alpha value is -2.71. The van der Waals surface area contributed by atoms with E-state index in [1.54, 1.807) is 29.3 Å². The molecule has 0 radical (unpaired) electrons. The molecule has 5 aliphatic rings. The molecule has 2 saturated carbocycles. The number of piperidine rings is 1. The van der Waals surface area contributed by atoms with E-state index in [0.29, 0.717) is 57.0 Å². The first-order valence-corrected chi connectivity index (χ1v) is 19.1. The van der Waals surface area contributed by atoms with Crippen LogP contribution in [-0.4, -0.2) is 120 Å². The average Bonchev–Trinajstić information content (AvgIpc) is 3.42. The summed E-state index contributed by atoms with van der Waals surface area (Å²) in [7, 11) is 1.64. The molecule has 0 aromatic carbocycles. The molecule has 1 aromatic heterocycles. The number of halogens is 2. The fourth-order valence-electron chi connectivity index (χ4n) is 8.79. The van der Waals surface area contributed by atoms with Gasteiger partial charge in [0.1, 0.15) is 10.9 Å². The molecule has 6 atom stereocenters. The molecule has 11 nitrogen and oxygen atoms in total. The third-order valence-corrected chi connectivity index (χ3v) is 12.9. The van der Waals surface area contributed by atoms with Gasteiger partial charge in [-0.25, -0.2) is 8.78 Å². The maximum Gasteiger partial charge on any atom is 0.265 e. The highest BCUT2D eigenvalue weighted by Gasteiger charge is 2.62. The standard InChI is InChI=1S/C36H53F2N5O6S/c1-22(25-8-10-36(37,38)11-9-25)49-23(2)29(33(47)41-12-6-7-24(15-41)17-48-5)40-30(44)27-16-42(32(46)28-14-39-21-50-28)18-35(27)19-43(20-35)31(45)26-13-34(26,3)4/h14,21-27,29H,6-13,15-20H2,1-5H3,(H,40,44)/t22?,23-,24+,26-,27+,29+/m1/s1. The highest BCUT2D eigenvalue weighted by molar-refractivity contribution is 7.11. The minimum absolute atomic E-state index is 0.0312. The second kappa shape index (κ2) is 14.4. The SMILES string of the molecule is COC[C@H]1CCCN(C(=O)[C@@H](NC(=O)[C@@H]2CN(C(=O)c3cncs3)CC23CN(C(=O)[C@H]2CC2(C)C)C3)[C@@H](C)OC(C)C2CCC(F)(F)CC2)C1. The van der Waals surface area contributed by atoms with Crippen LogP contribution in [-0.2, 0) is 23.9 Å². The zero-order chi connectivity index (χ0) is 36.0. The van der Waals surface area contributed by atoms with Crippen molar-refractivity contribution in [1.29, 1.82) is 0 Å². The molecule has 278 valence electrons. The second-order valence-corrected chi connectivity index (χ2v) is 17.3. The highest BCUT2D eigenvalue weighted by Crippen LogP contribution is 2.54. The minimum atomic E-state index is -2.66. The molecule has 6 rings (SSSR count). The summed E-state index contributed by atoms with van der Waals surface area (Å²) < 4.78 is 39.7. The van der Waals surface area contributed by atoms with Crippen LogP contribution >= 0.6 is 11.3 Å². The molecule has 1 unspecified atom stereocenters. The molecule has 3 aliphatic heterocycles. The first-order chi connectivity index (χ1) is 23.6. The highest BCUT2D eigenvalue weighted by atomic mass is 32.1. The van der Waals surface area contributed by atoms with E-state index >= 15 is 0 Å². The van der Waals surface area contributed by atoms with E-state index in [2.05, 4.69) is 24.1 Å². The largest absolute Gasteiger partial charge is 0.384 e. The van der Waals surface area contributed by atoms with Gasteiger partial charge in [0.25, 0.3) is 5.91 Å². The van der Waals surface area contributed by atoms with Gasteiger partial charge >= 0.3 is 0 Å². The lowest BCUT2D eigenvalue weighted by atomic mass is 9.70. The second-order valence-electron chi connectivity index (χ2n) is 16.4. The number of alkyl halides is 2. The van der Waals surface area contributed by atoms with Crippen LogP contribution in [0.25, 0.3) is 0 Å². The van der Waals surface area contributed by atoms with Crippen LogP contribution in [0.4, 0.5) is 8.78 Å². The molecule has 14 heteroatoms. The first kappa shape index (κ1) is 37.1. The summed E-state index contributed by atoms with van der Waals surface area (Å²) in [6, 6.07) is -1.02. The summed E-state index contributed by atoms with van der Waals surface area (Å²) in [6.45, 7) is 10.6. The van der Waals surface area contributed by atoms with Crippen molar-refractivity contribution < 1.29 is 37.4 Å². The lowest BCUT2D eigenvalue weighted by Gasteiger charge is -2.50. The summed E-state index contributed by atoms with van der Waals surface area (Å²) in [5.74, 6) is -3.98. The Bertz CT molecular complexity index is 1410. The number of methoxy groups -OCH3 is 1. The number of nitrogens with zero attached hydrogens (tertiary/aromatic N) is 4. The maximum absolute atomic E-state index is 14.5. The van der Waals surface area contributed by atoms with Gasteiger partial charge in [0.2, 0.25) is 23.6 Å². The number of nitrogens with one attached hydrogen (secondary N) is 1. The maximum atomic E-state index is 14.5. The predicted octanol–water partition coefficient (Wildman–Crippen LogP) is 4.08. The van der Waals surface area contributed by atoms with Gasteiger partial charge in [-0.05, 0) is 63.2 Å². The normalized spacial score (nSPS) is 28.9. The van der Waals surface area contributed by atoms with Crippen LogP contribution in [0.1, 0.15) is 82.3 Å². The molecule has 2 aliphatic carbocycles. The van der Waals surface area contributed by atoms with Crippen molar-refractivity contribution in [3.63, 3.8) is 0 Å². The molecular formula is C36H53F2N5O6S. The number of thiazole rings is 1. The summed E-state index contributed by atoms with van der Waals surface area (Å²) in [4.78, 5) is 65.4. The topological polar surface area (TPSA) is 121 Å². The van der Waals surface area contributed by atoms with Crippen LogP contribution in [0.3, 0.4) is 0 Å². The van der Waals surface area contributed by atoms with Crippen LogP contribution in [0.2, 0.25) is 0 Å². The van der Waals surface area contributed by atoms with Gasteiger partial charge in [-0.15, -0.1) is 11.3 Å². The van der Waals surface area contributed by atoms with Crippen molar-refractivity contribution >= 4 is 35.0 Å². The molecule has 1 spiro atoms. The van der Waals surface area contributed by atoms with Crippen LogP contribution in [0, 0.1) is 34.5 Å². The quantitative estimate of drug-likeness (QED) is 0.366. The Morgan fingerprint density at radius 3 is 2.32 bits per heavy atom. The van der Waals surface area contributed by atoms with Crippen LogP contribution in [0.15, 0.2) is 11.7 Å². The fourth-order valence-corrected chi connectivity index (χ4v) is 9.38. The number of carbonyl (C=O) groups is 4. The smallest absolute Gasteiger partial charge is 0.265 e. The van der Waals surface area contributed by atoms with Crippen molar-refractivity contribution in [2.45, 2.75) is 96.8 Å². The monoisotopic (exact) mass is 721 g/mol. The predicted molar refractivity (Wildman–Crippen MR) is 182 cm³/mol. The Labute approximate surface area is 297 Å². The van der Waals surface area contributed by atoms with Gasteiger partial charge in [0.05, 0.1) is 36.4 Å². The van der Waals surface area contributed by atoms with E-state index in [4.69, 9.17) is 9.47 Å². The Morgan fingerprint density at radius 2 is 1.70 bits per heavy atom. The Kier molecular flexibility index (Phi) is 10.7. The summed E-state index contributed by atoms with van der Waals surface area (Å²) in [6.07, 6.45) is 3.26. The summed E-state index contributed by atoms with van der Waals surface area (Å²) >= 11 is 1.24. The molecule has 1 N–H and O–H groups in total. The molecule has 4 heterocycles. The summed E-state index contributed by atoms with van der Waals surface area (Å²) in [5.41, 5.74) is 0.919. The van der Waals surface area contributed by atoms with E-state index < -0.39 is 29.4 Å². The van der Waals surface area contributed by atoms with E-state index in [9.17, 15) is 28.0 Å². The van der Waals surface area contributed by atoms with Crippen LogP contribution < -0.4 is 5.32 Å². The fraction of sp³-hybridized carbons (Fsp3) is 0.806. The Balaban J connectivity index is 1.21. The molecule has 5 fully saturated rings. The van der Waals surface area contributed by atoms with E-state index in [0.717, 1.165) is 19.3 Å². The molecule has 4 amide bonds. The number of carbonyl (C=O) groups excluding carboxylic acids is 4. The van der Waals surface area contributed by atoms with Crippen LogP contribution in [0.5, 0.6) is 0 Å². The number of aromatic nitrogens is 1. The molecule has 1 aromatic rings. The van der Waals surface area contributed by atoms with E-state index in [-0.39, 0.29) is 72.3 Å². The third-order valence-electron chi connectivity index (χ3n) is 12.2. The zero-order valence-electron chi connectivity index (χ0n) is 30.0. The lowest BCUT2D eigenvalue weighted by Crippen LogP contribution is -2.66. The molecule has 3 saturated heterocycles. The van der Waals surface area contributed by atoms with Gasteiger partial charge in [-0.2, -0.15) is 0 Å². The van der Waals surface area contributed by atoms with Crippen molar-refractivity contribution in [2.24, 2.45) is 34.5 Å². The number of rotatable bonds is 11. The first-order valence-electron chi connectivity index (χ1n) is 18.2. The average molecular weight is 722 g/mol. The molecular weight excluding hydrogens is 668 g/mol. The van der Waals surface area contributed by atoms with Gasteiger partial charge < -0.3 is 29.5 Å². The lowest BCUT2D eigenvalue weighted by molar-refractivity contribution is -0.154. The zero-order valence-corrected chi connectivity index (χ0v) is 30.8. The van der Waals surface area contributed by atoms with Crippen molar-refractivity contribution in [2.75, 3.05) is 53.0 Å². The van der Waals surface area contributed by atoms with Gasteiger partial charge in [-0.1, -0.05) is 13.8 Å². The number of likely N-dealkylation sites (tertiary alicyclic amines) is 3. The van der Waals surface area contributed by atoms with Gasteiger partial charge in [0.15, 0.2) is 0 Å². The van der Waals surface area contributed by atoms with Crippen molar-refractivity contribution in [3.05, 3.63) is 16.6 Å². The van der Waals surface area contributed by atoms with E-state index in [1.807, 2.05) is 11.8 Å². The molecule has 50 heavy (non-hydrogen) atoms. The van der Waals surface area contributed by atoms with E-state index in [1.165, 1.54) is 17.5 Å². The Morgan fingerprint density at radius 1 is 1.02 bits per heavy atom. The van der Waals surface area contributed by atoms with Crippen molar-refractivity contribution in [3.8, 4) is 0 Å². The number of ether oxygens (including phenoxy) is 2. The van der Waals surface area contributed by atoms with Crippen molar-refractivity contribution in [1.82, 2.24) is 25.0 Å². The number of amides is 4.